The molecule has 3 aromatic carbocycles. The van der Waals surface area contributed by atoms with Crippen LogP contribution >= 0.6 is 22.9 Å². The van der Waals surface area contributed by atoms with Crippen LogP contribution in [0.15, 0.2) is 87.8 Å². The van der Waals surface area contributed by atoms with Gasteiger partial charge in [-0.15, -0.1) is 0 Å². The first-order chi connectivity index (χ1) is 21.1. The molecule has 12 heteroatoms. The molecule has 44 heavy (non-hydrogen) atoms. The number of benzene rings is 3. The Bertz CT molecular complexity index is 1960. The fourth-order valence-electron chi connectivity index (χ4n) is 4.82. The summed E-state index contributed by atoms with van der Waals surface area (Å²) in [5, 5.41) is 12.2. The quantitative estimate of drug-likeness (QED) is 0.139. The Morgan fingerprint density at radius 1 is 1.16 bits per heavy atom. The zero-order valence-electron chi connectivity index (χ0n) is 24.3. The van der Waals surface area contributed by atoms with Crippen molar-refractivity contribution in [3.63, 3.8) is 0 Å². The van der Waals surface area contributed by atoms with E-state index in [0.29, 0.717) is 42.7 Å². The van der Waals surface area contributed by atoms with E-state index < -0.39 is 28.6 Å². The lowest BCUT2D eigenvalue weighted by atomic mass is 9.95. The van der Waals surface area contributed by atoms with Gasteiger partial charge in [0.1, 0.15) is 6.61 Å². The number of esters is 1. The number of thiazole rings is 1. The predicted molar refractivity (Wildman–Crippen MR) is 167 cm³/mol. The first kappa shape index (κ1) is 30.7. The minimum absolute atomic E-state index is 0.131. The van der Waals surface area contributed by atoms with Crippen LogP contribution in [0.1, 0.15) is 43.5 Å². The largest absolute Gasteiger partial charge is 0.493 e. The van der Waals surface area contributed by atoms with E-state index in [9.17, 15) is 19.7 Å². The van der Waals surface area contributed by atoms with E-state index in [0.717, 1.165) is 16.9 Å². The van der Waals surface area contributed by atoms with Crippen molar-refractivity contribution in [3.8, 4) is 11.5 Å². The fourth-order valence-corrected chi connectivity index (χ4v) is 5.99. The van der Waals surface area contributed by atoms with Gasteiger partial charge in [0.15, 0.2) is 16.3 Å². The number of non-ortho nitro benzene ring substituents is 1. The monoisotopic (exact) mass is 633 g/mol. The van der Waals surface area contributed by atoms with E-state index in [1.54, 1.807) is 63.2 Å². The summed E-state index contributed by atoms with van der Waals surface area (Å²) in [6.07, 6.45) is 1.25. The molecule has 226 valence electrons. The normalized spacial score (nSPS) is 14.7. The summed E-state index contributed by atoms with van der Waals surface area (Å²) in [6, 6.07) is 17.5. The lowest BCUT2D eigenvalue weighted by Gasteiger charge is -2.25. The molecule has 2 heterocycles. The van der Waals surface area contributed by atoms with Gasteiger partial charge in [-0.2, -0.15) is 0 Å². The van der Waals surface area contributed by atoms with Gasteiger partial charge < -0.3 is 14.2 Å². The number of hydrogen-bond acceptors (Lipinski definition) is 9. The molecular weight excluding hydrogens is 606 g/mol. The molecule has 10 nitrogen and oxygen atoms in total. The minimum Gasteiger partial charge on any atom is -0.493 e. The van der Waals surface area contributed by atoms with Gasteiger partial charge >= 0.3 is 5.97 Å². The highest BCUT2D eigenvalue weighted by Crippen LogP contribution is 2.34. The number of hydrogen-bond donors (Lipinski definition) is 0. The van der Waals surface area contributed by atoms with Gasteiger partial charge in [-0.25, -0.2) is 9.79 Å². The molecule has 0 aliphatic carbocycles. The maximum Gasteiger partial charge on any atom is 0.338 e. The molecule has 1 aliphatic heterocycles. The van der Waals surface area contributed by atoms with Gasteiger partial charge in [-0.1, -0.05) is 59.3 Å². The molecule has 0 fully saturated rings. The number of nitrogens with zero attached hydrogens (tertiary/aromatic N) is 3. The number of aromatic nitrogens is 1. The van der Waals surface area contributed by atoms with Crippen molar-refractivity contribution in [2.75, 3.05) is 7.11 Å². The summed E-state index contributed by atoms with van der Waals surface area (Å²) in [5.41, 5.74) is 1.74. The lowest BCUT2D eigenvalue weighted by Crippen LogP contribution is -2.40. The maximum absolute atomic E-state index is 14.1. The van der Waals surface area contributed by atoms with Gasteiger partial charge in [-0.05, 0) is 56.2 Å². The highest BCUT2D eigenvalue weighted by molar-refractivity contribution is 7.07. The van der Waals surface area contributed by atoms with Crippen LogP contribution in [0.25, 0.3) is 6.08 Å². The van der Waals surface area contributed by atoms with Crippen molar-refractivity contribution >= 4 is 40.7 Å². The summed E-state index contributed by atoms with van der Waals surface area (Å²) in [6.45, 7) is 5.31. The average molecular weight is 634 g/mol. The zero-order valence-corrected chi connectivity index (χ0v) is 25.8. The van der Waals surface area contributed by atoms with Crippen LogP contribution in [0.5, 0.6) is 11.5 Å². The van der Waals surface area contributed by atoms with Crippen molar-refractivity contribution in [2.45, 2.75) is 39.5 Å². The Labute approximate surface area is 261 Å². The third-order valence-corrected chi connectivity index (χ3v) is 8.03. The smallest absolute Gasteiger partial charge is 0.338 e. The molecular formula is C32H28ClN3O7S. The van der Waals surface area contributed by atoms with Gasteiger partial charge in [0.2, 0.25) is 0 Å². The van der Waals surface area contributed by atoms with Crippen molar-refractivity contribution < 1.29 is 23.9 Å². The molecule has 0 N–H and O–H groups in total. The second kappa shape index (κ2) is 12.9. The molecule has 0 unspecified atom stereocenters. The van der Waals surface area contributed by atoms with E-state index in [2.05, 4.69) is 4.99 Å². The number of halogens is 1. The van der Waals surface area contributed by atoms with E-state index in [1.807, 2.05) is 12.1 Å². The Morgan fingerprint density at radius 2 is 1.89 bits per heavy atom. The third kappa shape index (κ3) is 6.29. The number of allylic oxidation sites excluding steroid dienone is 1. The van der Waals surface area contributed by atoms with Crippen LogP contribution in [-0.4, -0.2) is 28.7 Å². The standard InChI is InChI=1S/C32H28ClN3O7S/c1-18(2)43-31(38)27-19(3)34-32-35(28(27)21-7-5-9-24(15-21)36(39)40)30(37)26(44-32)16-22-8-6-10-25(41-4)29(22)42-17-20-11-13-23(33)14-12-20/h5-16,18,28H,17H2,1-4H3/b26-16+/t28-/m0/s1. The Kier molecular flexibility index (Phi) is 8.98. The first-order valence-corrected chi connectivity index (χ1v) is 14.8. The van der Waals surface area contributed by atoms with Crippen LogP contribution in [0, 0.1) is 10.1 Å². The number of rotatable bonds is 9. The van der Waals surface area contributed by atoms with Crippen molar-refractivity contribution in [1.29, 1.82) is 0 Å². The summed E-state index contributed by atoms with van der Waals surface area (Å²) >= 11 is 7.15. The lowest BCUT2D eigenvalue weighted by molar-refractivity contribution is -0.384. The fraction of sp³-hybridized carbons (Fsp3) is 0.219. The second-order valence-corrected chi connectivity index (χ2v) is 11.6. The van der Waals surface area contributed by atoms with Crippen LogP contribution in [0.2, 0.25) is 5.02 Å². The molecule has 1 aromatic heterocycles. The topological polar surface area (TPSA) is 122 Å². The van der Waals surface area contributed by atoms with Crippen molar-refractivity contribution in [2.24, 2.45) is 4.99 Å². The number of carbonyl (C=O) groups is 1. The van der Waals surface area contributed by atoms with Crippen molar-refractivity contribution in [1.82, 2.24) is 4.57 Å². The number of fused-ring (bicyclic) bond motifs is 1. The van der Waals surface area contributed by atoms with Crippen LogP contribution in [0.4, 0.5) is 5.69 Å². The van der Waals surface area contributed by atoms with Gasteiger partial charge in [0, 0.05) is 22.7 Å². The molecule has 0 amide bonds. The molecule has 1 aliphatic rings. The number of methoxy groups -OCH3 is 1. The van der Waals surface area contributed by atoms with E-state index in [-0.39, 0.29) is 17.9 Å². The van der Waals surface area contributed by atoms with Crippen LogP contribution < -0.4 is 24.4 Å². The molecule has 0 spiro atoms. The minimum atomic E-state index is -0.995. The summed E-state index contributed by atoms with van der Waals surface area (Å²) < 4.78 is 18.9. The molecule has 5 rings (SSSR count). The Balaban J connectivity index is 1.65. The SMILES string of the molecule is COc1cccc(/C=c2/sc3n(c2=O)[C@@H](c2cccc([N+](=O)[O-])c2)C(C(=O)OC(C)C)=C(C)N=3)c1OCc1ccc(Cl)cc1. The summed E-state index contributed by atoms with van der Waals surface area (Å²) in [7, 11) is 1.53. The van der Waals surface area contributed by atoms with Gasteiger partial charge in [0.25, 0.3) is 11.2 Å². The molecule has 1 atom stereocenters. The maximum atomic E-state index is 14.1. The van der Waals surface area contributed by atoms with E-state index >= 15 is 0 Å². The molecule has 0 saturated carbocycles. The van der Waals surface area contributed by atoms with Crippen LogP contribution in [0.3, 0.4) is 0 Å². The zero-order chi connectivity index (χ0) is 31.5. The average Bonchev–Trinajstić information content (AvgIpc) is 3.29. The summed E-state index contributed by atoms with van der Waals surface area (Å²) in [4.78, 5) is 43.4. The molecule has 4 aromatic rings. The highest BCUT2D eigenvalue weighted by Gasteiger charge is 2.34. The number of nitro benzene ring substituents is 1. The first-order valence-electron chi connectivity index (χ1n) is 13.6. The van der Waals surface area contributed by atoms with Gasteiger partial charge in [0.05, 0.1) is 40.0 Å². The Morgan fingerprint density at radius 3 is 2.57 bits per heavy atom. The molecule has 0 radical (unpaired) electrons. The predicted octanol–water partition coefficient (Wildman–Crippen LogP) is 5.34. The van der Waals surface area contributed by atoms with E-state index in [4.69, 9.17) is 25.8 Å². The number of nitro groups is 1. The number of ether oxygens (including phenoxy) is 3. The van der Waals surface area contributed by atoms with Crippen LogP contribution in [-0.2, 0) is 16.1 Å². The highest BCUT2D eigenvalue weighted by atomic mass is 35.5. The Hall–Kier alpha value is -4.74. The van der Waals surface area contributed by atoms with E-state index in [1.165, 1.54) is 29.9 Å². The molecule has 0 bridgehead atoms. The number of carbonyl (C=O) groups excluding carboxylic acids is 1. The second-order valence-electron chi connectivity index (χ2n) is 10.2. The molecule has 0 saturated heterocycles. The summed E-state index contributed by atoms with van der Waals surface area (Å²) in [5.74, 6) is 0.255. The third-order valence-electron chi connectivity index (χ3n) is 6.79. The van der Waals surface area contributed by atoms with Gasteiger partial charge in [-0.3, -0.25) is 19.5 Å². The number of para-hydroxylation sites is 1. The van der Waals surface area contributed by atoms with Crippen molar-refractivity contribution in [3.05, 3.63) is 130 Å².